The first-order valence-electron chi connectivity index (χ1n) is 4.33. The maximum atomic E-state index is 8.30. The molecule has 0 bridgehead atoms. The first kappa shape index (κ1) is 10.5. The highest BCUT2D eigenvalue weighted by atomic mass is 28.4. The molecule has 0 aliphatic carbocycles. The summed E-state index contributed by atoms with van der Waals surface area (Å²) in [6.45, 7) is 7.36. The molecular formula is C7H15N3O2Si. The van der Waals surface area contributed by atoms with Crippen molar-refractivity contribution in [2.45, 2.75) is 31.8 Å². The lowest BCUT2D eigenvalue weighted by Gasteiger charge is -2.24. The summed E-state index contributed by atoms with van der Waals surface area (Å²) in [4.78, 5) is 2.78. The third-order valence-electron chi connectivity index (χ3n) is 1.70. The average Bonchev–Trinajstić information content (AvgIpc) is 2.34. The van der Waals surface area contributed by atoms with Crippen LogP contribution in [0.2, 0.25) is 19.6 Å². The second kappa shape index (κ2) is 4.10. The Morgan fingerprint density at radius 2 is 2.15 bits per heavy atom. The zero-order valence-electron chi connectivity index (χ0n) is 8.23. The average molecular weight is 201 g/mol. The van der Waals surface area contributed by atoms with Gasteiger partial charge in [-0.1, -0.05) is 5.11 Å². The number of hydrogen-bond donors (Lipinski definition) is 0. The van der Waals surface area contributed by atoms with Gasteiger partial charge in [0.2, 0.25) is 0 Å². The smallest absolute Gasteiger partial charge is 0.184 e. The van der Waals surface area contributed by atoms with Crippen LogP contribution >= 0.6 is 0 Å². The van der Waals surface area contributed by atoms with Crippen LogP contribution in [0.5, 0.6) is 0 Å². The zero-order valence-corrected chi connectivity index (χ0v) is 9.23. The second-order valence-corrected chi connectivity index (χ2v) is 8.54. The van der Waals surface area contributed by atoms with Gasteiger partial charge in [-0.2, -0.15) is 0 Å². The monoisotopic (exact) mass is 201 g/mol. The molecule has 5 nitrogen and oxygen atoms in total. The standard InChI is InChI=1S/C7H15N3O2Si/c1-13(2,3)12-7-5-11-4-6(7)9-10-8/h6-7H,4-5H2,1-3H3/t6-,7-/m1/s1. The fraction of sp³-hybridized carbons (Fsp3) is 1.00. The Balaban J connectivity index is 2.53. The molecular weight excluding hydrogens is 186 g/mol. The molecule has 0 amide bonds. The summed E-state index contributed by atoms with van der Waals surface area (Å²) in [5.41, 5.74) is 8.30. The minimum absolute atomic E-state index is 0.0393. The highest BCUT2D eigenvalue weighted by Crippen LogP contribution is 2.18. The molecule has 1 aliphatic heterocycles. The van der Waals surface area contributed by atoms with E-state index in [1.807, 2.05) is 0 Å². The van der Waals surface area contributed by atoms with E-state index in [0.29, 0.717) is 13.2 Å². The maximum Gasteiger partial charge on any atom is 0.184 e. The molecule has 13 heavy (non-hydrogen) atoms. The molecule has 6 heteroatoms. The Labute approximate surface area is 78.8 Å². The van der Waals surface area contributed by atoms with Crippen molar-refractivity contribution < 1.29 is 9.16 Å². The van der Waals surface area contributed by atoms with Crippen molar-refractivity contribution in [3.05, 3.63) is 10.4 Å². The van der Waals surface area contributed by atoms with E-state index in [-0.39, 0.29) is 12.1 Å². The van der Waals surface area contributed by atoms with Gasteiger partial charge in [-0.15, -0.1) is 0 Å². The van der Waals surface area contributed by atoms with Crippen LogP contribution in [0, 0.1) is 0 Å². The van der Waals surface area contributed by atoms with Crippen LogP contribution in [0.15, 0.2) is 5.11 Å². The molecule has 1 rings (SSSR count). The minimum Gasteiger partial charge on any atom is -0.412 e. The van der Waals surface area contributed by atoms with Gasteiger partial charge in [-0.25, -0.2) is 0 Å². The Hall–Kier alpha value is -0.553. The SMILES string of the molecule is C[Si](C)(C)O[C@@H]1COC[C@H]1N=[N+]=[N-]. The maximum absolute atomic E-state index is 8.30. The Kier molecular flexibility index (Phi) is 3.32. The van der Waals surface area contributed by atoms with Gasteiger partial charge in [0.25, 0.3) is 0 Å². The molecule has 0 aromatic heterocycles. The first-order chi connectivity index (χ1) is 6.03. The van der Waals surface area contributed by atoms with Crippen LogP contribution in [0.25, 0.3) is 10.4 Å². The van der Waals surface area contributed by atoms with E-state index in [4.69, 9.17) is 14.7 Å². The van der Waals surface area contributed by atoms with E-state index in [1.165, 1.54) is 0 Å². The summed E-state index contributed by atoms with van der Waals surface area (Å²) in [5, 5.41) is 3.64. The van der Waals surface area contributed by atoms with E-state index in [1.54, 1.807) is 0 Å². The molecule has 1 fully saturated rings. The molecule has 0 saturated carbocycles. The van der Waals surface area contributed by atoms with Crippen LogP contribution in [0.4, 0.5) is 0 Å². The normalized spacial score (nSPS) is 28.5. The van der Waals surface area contributed by atoms with Gasteiger partial charge < -0.3 is 9.16 Å². The molecule has 0 spiro atoms. The van der Waals surface area contributed by atoms with E-state index in [0.717, 1.165) is 0 Å². The molecule has 0 N–H and O–H groups in total. The van der Waals surface area contributed by atoms with Crippen molar-refractivity contribution >= 4 is 8.32 Å². The van der Waals surface area contributed by atoms with Crippen LogP contribution in [-0.2, 0) is 9.16 Å². The van der Waals surface area contributed by atoms with Crippen molar-refractivity contribution in [3.63, 3.8) is 0 Å². The summed E-state index contributed by atoms with van der Waals surface area (Å²) in [7, 11) is -1.56. The van der Waals surface area contributed by atoms with E-state index < -0.39 is 8.32 Å². The van der Waals surface area contributed by atoms with E-state index >= 15 is 0 Å². The number of hydrogen-bond acceptors (Lipinski definition) is 3. The quantitative estimate of drug-likeness (QED) is 0.303. The lowest BCUT2D eigenvalue weighted by atomic mass is 10.2. The Morgan fingerprint density at radius 3 is 2.69 bits per heavy atom. The van der Waals surface area contributed by atoms with Crippen molar-refractivity contribution in [1.82, 2.24) is 0 Å². The van der Waals surface area contributed by atoms with Gasteiger partial charge in [0, 0.05) is 4.91 Å². The highest BCUT2D eigenvalue weighted by Gasteiger charge is 2.32. The fourth-order valence-corrected chi connectivity index (χ4v) is 2.40. The summed E-state index contributed by atoms with van der Waals surface area (Å²) < 4.78 is 11.0. The number of nitrogens with zero attached hydrogens (tertiary/aromatic N) is 3. The molecule has 1 heterocycles. The first-order valence-corrected chi connectivity index (χ1v) is 7.73. The summed E-state index contributed by atoms with van der Waals surface area (Å²) in [6.07, 6.45) is -0.0393. The third kappa shape index (κ3) is 3.36. The Morgan fingerprint density at radius 1 is 1.46 bits per heavy atom. The molecule has 74 valence electrons. The molecule has 1 saturated heterocycles. The van der Waals surface area contributed by atoms with Crippen LogP contribution in [0.1, 0.15) is 0 Å². The third-order valence-corrected chi connectivity index (χ3v) is 2.71. The van der Waals surface area contributed by atoms with Crippen molar-refractivity contribution in [1.29, 1.82) is 0 Å². The van der Waals surface area contributed by atoms with E-state index in [9.17, 15) is 0 Å². The predicted octanol–water partition coefficient (Wildman–Crippen LogP) is 1.92. The number of ether oxygens (including phenoxy) is 1. The lowest BCUT2D eigenvalue weighted by Crippen LogP contribution is -2.37. The van der Waals surface area contributed by atoms with Gasteiger partial charge >= 0.3 is 0 Å². The van der Waals surface area contributed by atoms with Gasteiger partial charge in [0.1, 0.15) is 0 Å². The van der Waals surface area contributed by atoms with Crippen LogP contribution in [0.3, 0.4) is 0 Å². The number of rotatable bonds is 3. The largest absolute Gasteiger partial charge is 0.412 e. The lowest BCUT2D eigenvalue weighted by molar-refractivity contribution is 0.136. The van der Waals surface area contributed by atoms with Crippen molar-refractivity contribution in [3.8, 4) is 0 Å². The van der Waals surface area contributed by atoms with Crippen LogP contribution < -0.4 is 0 Å². The Bertz CT molecular complexity index is 222. The van der Waals surface area contributed by atoms with Gasteiger partial charge in [-0.05, 0) is 25.2 Å². The molecule has 1 aliphatic rings. The predicted molar refractivity (Wildman–Crippen MR) is 52.0 cm³/mol. The fourth-order valence-electron chi connectivity index (χ4n) is 1.26. The van der Waals surface area contributed by atoms with Crippen molar-refractivity contribution in [2.24, 2.45) is 5.11 Å². The van der Waals surface area contributed by atoms with Crippen LogP contribution in [-0.4, -0.2) is 33.7 Å². The topological polar surface area (TPSA) is 67.2 Å². The highest BCUT2D eigenvalue weighted by molar-refractivity contribution is 6.69. The second-order valence-electron chi connectivity index (χ2n) is 4.08. The minimum atomic E-state index is -1.56. The summed E-state index contributed by atoms with van der Waals surface area (Å²) >= 11 is 0. The molecule has 2 atom stereocenters. The summed E-state index contributed by atoms with van der Waals surface area (Å²) in [5.74, 6) is 0. The molecule has 0 unspecified atom stereocenters. The van der Waals surface area contributed by atoms with E-state index in [2.05, 4.69) is 29.7 Å². The summed E-state index contributed by atoms with van der Waals surface area (Å²) in [6, 6.07) is -0.142. The van der Waals surface area contributed by atoms with Crippen molar-refractivity contribution in [2.75, 3.05) is 13.2 Å². The number of azide groups is 1. The molecule has 0 aromatic rings. The zero-order chi connectivity index (χ0) is 9.90. The van der Waals surface area contributed by atoms with Gasteiger partial charge in [0.15, 0.2) is 8.32 Å². The molecule has 0 aromatic carbocycles. The molecule has 0 radical (unpaired) electrons. The van der Waals surface area contributed by atoms with Gasteiger partial charge in [0.05, 0.1) is 25.4 Å². The van der Waals surface area contributed by atoms with Gasteiger partial charge in [-0.3, -0.25) is 0 Å².